The Balaban J connectivity index is 1.36. The minimum absolute atomic E-state index is 0.582. The van der Waals surface area contributed by atoms with Crippen molar-refractivity contribution in [2.24, 2.45) is 0 Å². The number of ether oxygens (including phenoxy) is 4. The van der Waals surface area contributed by atoms with Crippen LogP contribution in [0.15, 0.2) is 71.6 Å². The molecule has 2 aliphatic heterocycles. The first-order valence-corrected chi connectivity index (χ1v) is 13.5. The van der Waals surface area contributed by atoms with Crippen LogP contribution in [0.3, 0.4) is 0 Å². The van der Waals surface area contributed by atoms with E-state index in [0.29, 0.717) is 33.7 Å². The molecule has 0 aromatic heterocycles. The van der Waals surface area contributed by atoms with Gasteiger partial charge in [-0.15, -0.1) is 0 Å². The Hall–Kier alpha value is -3.29. The van der Waals surface area contributed by atoms with E-state index in [1.165, 1.54) is 32.4 Å². The van der Waals surface area contributed by atoms with E-state index in [-0.39, 0.29) is 0 Å². The molecule has 2 aliphatic rings. The summed E-state index contributed by atoms with van der Waals surface area (Å²) in [6.07, 6.45) is 3.99. The van der Waals surface area contributed by atoms with Crippen LogP contribution in [0.25, 0.3) is 10.7 Å². The van der Waals surface area contributed by atoms with Gasteiger partial charge in [0.15, 0.2) is 5.76 Å². The summed E-state index contributed by atoms with van der Waals surface area (Å²) in [5.41, 5.74) is 1.62. The van der Waals surface area contributed by atoms with Gasteiger partial charge in [-0.3, -0.25) is 0 Å². The van der Waals surface area contributed by atoms with Crippen molar-refractivity contribution in [1.29, 1.82) is 0 Å². The molecule has 3 aromatic carbocycles. The minimum atomic E-state index is -1.42. The number of quaternary nitrogens is 1. The Morgan fingerprint density at radius 1 is 0.778 bits per heavy atom. The van der Waals surface area contributed by atoms with E-state index in [2.05, 4.69) is 0 Å². The van der Waals surface area contributed by atoms with Gasteiger partial charge in [-0.1, -0.05) is 0 Å². The highest BCUT2D eigenvalue weighted by Gasteiger charge is 2.32. The molecule has 6 nitrogen and oxygen atoms in total. The topological polar surface area (TPSA) is 58.4 Å². The molecule has 0 bridgehead atoms. The molecule has 1 saturated heterocycles. The minimum Gasteiger partial charge on any atom is -0.497 e. The van der Waals surface area contributed by atoms with E-state index < -0.39 is 10.8 Å². The zero-order valence-corrected chi connectivity index (χ0v) is 21.6. The van der Waals surface area contributed by atoms with Crippen molar-refractivity contribution >= 4 is 21.5 Å². The summed E-state index contributed by atoms with van der Waals surface area (Å²) in [5, 5.41) is 0. The first-order chi connectivity index (χ1) is 17.7. The third-order valence-corrected chi connectivity index (χ3v) is 8.23. The molecule has 0 radical (unpaired) electrons. The highest BCUT2D eigenvalue weighted by molar-refractivity contribution is 7.95. The fourth-order valence-corrected chi connectivity index (χ4v) is 6.18. The second kappa shape index (κ2) is 11.2. The number of hydrogen-bond acceptors (Lipinski definition) is 5. The van der Waals surface area contributed by atoms with E-state index in [0.717, 1.165) is 29.2 Å². The Bertz CT molecular complexity index is 1250. The number of fused-ring (bicyclic) bond motifs is 1. The van der Waals surface area contributed by atoms with Gasteiger partial charge in [0.05, 0.1) is 47.9 Å². The Kier molecular flexibility index (Phi) is 7.58. The third kappa shape index (κ3) is 5.27. The number of rotatable bonds is 9. The maximum atomic E-state index is 13.6. The standard InChI is InChI=1S/C29H31NO5S/c1-32-22-8-6-21(7-9-22)29-28(26-15-14-25(33-2)20-27(26)36(29)31)35-24-12-10-23(11-13-24)34-19-18-30-16-4-3-5-17-30/h6-15,20H,3-5,16-19H2,1-2H3/p+1. The lowest BCUT2D eigenvalue weighted by Gasteiger charge is -2.23. The van der Waals surface area contributed by atoms with Crippen molar-refractivity contribution in [3.05, 3.63) is 77.9 Å². The second-order valence-electron chi connectivity index (χ2n) is 9.00. The highest BCUT2D eigenvalue weighted by atomic mass is 32.2. The average Bonchev–Trinajstić information content (AvgIpc) is 3.20. The second-order valence-corrected chi connectivity index (χ2v) is 10.4. The fraction of sp³-hybridized carbons (Fsp3) is 0.310. The van der Waals surface area contributed by atoms with Crippen LogP contribution in [-0.4, -0.2) is 44.7 Å². The third-order valence-electron chi connectivity index (χ3n) is 6.71. The zero-order chi connectivity index (χ0) is 24.9. The van der Waals surface area contributed by atoms with E-state index in [9.17, 15) is 4.21 Å². The van der Waals surface area contributed by atoms with E-state index in [1.807, 2.05) is 66.7 Å². The molecule has 3 aromatic rings. The molecule has 0 aliphatic carbocycles. The molecular weight excluding hydrogens is 474 g/mol. The van der Waals surface area contributed by atoms with Gasteiger partial charge in [-0.25, -0.2) is 4.21 Å². The summed E-state index contributed by atoms with van der Waals surface area (Å²) in [6, 6.07) is 20.7. The van der Waals surface area contributed by atoms with Gasteiger partial charge in [0.2, 0.25) is 0 Å². The number of benzene rings is 3. The molecule has 0 amide bonds. The van der Waals surface area contributed by atoms with Crippen molar-refractivity contribution in [2.75, 3.05) is 40.5 Å². The van der Waals surface area contributed by atoms with Gasteiger partial charge >= 0.3 is 0 Å². The quantitative estimate of drug-likeness (QED) is 0.472. The molecule has 1 atom stereocenters. The highest BCUT2D eigenvalue weighted by Crippen LogP contribution is 2.44. The van der Waals surface area contributed by atoms with Crippen LogP contribution in [0.2, 0.25) is 0 Å². The van der Waals surface area contributed by atoms with E-state index >= 15 is 0 Å². The first-order valence-electron chi connectivity index (χ1n) is 12.4. The summed E-state index contributed by atoms with van der Waals surface area (Å²) in [7, 11) is 1.81. The number of piperidine rings is 1. The molecule has 188 valence electrons. The van der Waals surface area contributed by atoms with Crippen molar-refractivity contribution in [3.8, 4) is 23.0 Å². The Morgan fingerprint density at radius 2 is 1.42 bits per heavy atom. The average molecular weight is 507 g/mol. The van der Waals surface area contributed by atoms with Gasteiger partial charge in [0, 0.05) is 5.56 Å². The zero-order valence-electron chi connectivity index (χ0n) is 20.8. The van der Waals surface area contributed by atoms with Crippen LogP contribution in [0, 0.1) is 0 Å². The van der Waals surface area contributed by atoms with Crippen molar-refractivity contribution in [2.45, 2.75) is 24.2 Å². The molecule has 1 N–H and O–H groups in total. The molecule has 7 heteroatoms. The van der Waals surface area contributed by atoms with E-state index in [1.54, 1.807) is 19.1 Å². The van der Waals surface area contributed by atoms with Gasteiger partial charge in [0.1, 0.15) is 36.1 Å². The molecule has 2 heterocycles. The summed E-state index contributed by atoms with van der Waals surface area (Å²) < 4.78 is 36.6. The van der Waals surface area contributed by atoms with Gasteiger partial charge < -0.3 is 23.8 Å². The molecule has 1 unspecified atom stereocenters. The van der Waals surface area contributed by atoms with Crippen molar-refractivity contribution in [1.82, 2.24) is 0 Å². The molecule has 1 fully saturated rings. The lowest BCUT2D eigenvalue weighted by molar-refractivity contribution is -0.904. The van der Waals surface area contributed by atoms with E-state index in [4.69, 9.17) is 18.9 Å². The normalized spacial score (nSPS) is 17.6. The molecule has 0 spiro atoms. The van der Waals surface area contributed by atoms with Crippen LogP contribution in [-0.2, 0) is 10.8 Å². The van der Waals surface area contributed by atoms with Gasteiger partial charge in [-0.05, 0) is 91.6 Å². The lowest BCUT2D eigenvalue weighted by atomic mass is 10.1. The molecular formula is C29H32NO5S+. The lowest BCUT2D eigenvalue weighted by Crippen LogP contribution is -3.13. The number of nitrogens with one attached hydrogen (secondary N) is 1. The van der Waals surface area contributed by atoms with Crippen LogP contribution in [0.4, 0.5) is 0 Å². The van der Waals surface area contributed by atoms with Crippen LogP contribution < -0.4 is 23.8 Å². The summed E-state index contributed by atoms with van der Waals surface area (Å²) in [5.74, 6) is 3.46. The number of methoxy groups -OCH3 is 2. The fourth-order valence-electron chi connectivity index (χ4n) is 4.71. The van der Waals surface area contributed by atoms with Gasteiger partial charge in [0.25, 0.3) is 0 Å². The van der Waals surface area contributed by atoms with Crippen molar-refractivity contribution < 1.29 is 28.1 Å². The largest absolute Gasteiger partial charge is 0.497 e. The van der Waals surface area contributed by atoms with Crippen LogP contribution in [0.1, 0.15) is 30.4 Å². The summed E-state index contributed by atoms with van der Waals surface area (Å²) >= 11 is 0. The molecule has 5 rings (SSSR count). The number of hydrogen-bond donors (Lipinski definition) is 1. The SMILES string of the molecule is COc1ccc(C2=C(Oc3ccc(OCC[NH+]4CCCCC4)cc3)c3ccc(OC)cc3S2=O)cc1. The maximum Gasteiger partial charge on any atom is 0.152 e. The summed E-state index contributed by atoms with van der Waals surface area (Å²) in [4.78, 5) is 2.94. The smallest absolute Gasteiger partial charge is 0.152 e. The first kappa shape index (κ1) is 24.4. The summed E-state index contributed by atoms with van der Waals surface area (Å²) in [6.45, 7) is 4.23. The Labute approximate surface area is 214 Å². The Morgan fingerprint density at radius 3 is 2.11 bits per heavy atom. The monoisotopic (exact) mass is 506 g/mol. The van der Waals surface area contributed by atoms with Crippen molar-refractivity contribution in [3.63, 3.8) is 0 Å². The number of likely N-dealkylation sites (tertiary alicyclic amines) is 1. The van der Waals surface area contributed by atoms with Gasteiger partial charge in [-0.2, -0.15) is 0 Å². The predicted molar refractivity (Wildman–Crippen MR) is 141 cm³/mol. The predicted octanol–water partition coefficient (Wildman–Crippen LogP) is 4.18. The molecule has 0 saturated carbocycles. The molecule has 36 heavy (non-hydrogen) atoms. The maximum absolute atomic E-state index is 13.6. The van der Waals surface area contributed by atoms with Crippen LogP contribution in [0.5, 0.6) is 23.0 Å². The van der Waals surface area contributed by atoms with Crippen LogP contribution >= 0.6 is 0 Å².